The van der Waals surface area contributed by atoms with Crippen molar-refractivity contribution in [1.82, 2.24) is 15.0 Å². The zero-order valence-corrected chi connectivity index (χ0v) is 9.51. The van der Waals surface area contributed by atoms with E-state index in [-0.39, 0.29) is 5.95 Å². The van der Waals surface area contributed by atoms with E-state index in [2.05, 4.69) is 26.8 Å². The number of hydrogen-bond donors (Lipinski definition) is 2. The highest BCUT2D eigenvalue weighted by atomic mass is 15.2. The molecule has 0 amide bonds. The summed E-state index contributed by atoms with van der Waals surface area (Å²) in [7, 11) is 0. The van der Waals surface area contributed by atoms with Crippen molar-refractivity contribution in [1.29, 1.82) is 0 Å². The van der Waals surface area contributed by atoms with E-state index in [1.165, 1.54) is 6.08 Å². The smallest absolute Gasteiger partial charge is 0.232 e. The van der Waals surface area contributed by atoms with Crippen molar-refractivity contribution in [2.75, 3.05) is 11.1 Å². The Morgan fingerprint density at radius 2 is 2.00 bits per heavy atom. The Hall–Kier alpha value is -2.43. The number of nitrogens with two attached hydrogens (primary N) is 1. The summed E-state index contributed by atoms with van der Waals surface area (Å²) in [5.41, 5.74) is 7.62. The fraction of sp³-hybridized carbons (Fsp3) is 0.0833. The third-order valence-electron chi connectivity index (χ3n) is 2.24. The Morgan fingerprint density at radius 1 is 1.24 bits per heavy atom. The molecule has 5 heteroatoms. The number of aromatic nitrogens is 3. The molecule has 0 radical (unpaired) electrons. The molecule has 0 saturated carbocycles. The first-order valence-corrected chi connectivity index (χ1v) is 5.15. The number of anilines is 3. The molecule has 0 atom stereocenters. The summed E-state index contributed by atoms with van der Waals surface area (Å²) in [4.78, 5) is 12.1. The predicted octanol–water partition coefficient (Wildman–Crippen LogP) is 2.15. The van der Waals surface area contributed by atoms with Crippen LogP contribution in [0.5, 0.6) is 0 Å². The molecule has 5 nitrogen and oxygen atoms in total. The molecule has 17 heavy (non-hydrogen) atoms. The van der Waals surface area contributed by atoms with Gasteiger partial charge in [-0.25, -0.2) is 0 Å². The van der Waals surface area contributed by atoms with Crippen LogP contribution < -0.4 is 11.1 Å². The number of nitrogen functional groups attached to an aromatic ring is 1. The van der Waals surface area contributed by atoms with Gasteiger partial charge in [0.15, 0.2) is 5.82 Å². The Kier molecular flexibility index (Phi) is 3.00. The molecule has 0 aliphatic heterocycles. The lowest BCUT2D eigenvalue weighted by atomic mass is 10.2. The molecular formula is C12H13N5. The van der Waals surface area contributed by atoms with Gasteiger partial charge in [0, 0.05) is 5.69 Å². The first-order chi connectivity index (χ1) is 8.19. The lowest BCUT2D eigenvalue weighted by molar-refractivity contribution is 1.05. The number of aryl methyl sites for hydroxylation is 1. The summed E-state index contributed by atoms with van der Waals surface area (Å²) >= 11 is 0. The zero-order chi connectivity index (χ0) is 12.3. The lowest BCUT2D eigenvalue weighted by Gasteiger charge is -2.08. The van der Waals surface area contributed by atoms with Gasteiger partial charge in [-0.1, -0.05) is 24.8 Å². The average Bonchev–Trinajstić information content (AvgIpc) is 2.31. The van der Waals surface area contributed by atoms with E-state index in [1.54, 1.807) is 0 Å². The summed E-state index contributed by atoms with van der Waals surface area (Å²) in [5, 5.41) is 3.10. The van der Waals surface area contributed by atoms with E-state index in [9.17, 15) is 0 Å². The molecule has 0 bridgehead atoms. The van der Waals surface area contributed by atoms with Gasteiger partial charge in [0.05, 0.1) is 0 Å². The van der Waals surface area contributed by atoms with Crippen LogP contribution in [0.3, 0.4) is 0 Å². The normalized spacial score (nSPS) is 9.94. The minimum Gasteiger partial charge on any atom is -0.368 e. The van der Waals surface area contributed by atoms with Crippen molar-refractivity contribution in [3.63, 3.8) is 0 Å². The first-order valence-electron chi connectivity index (χ1n) is 5.15. The van der Waals surface area contributed by atoms with Gasteiger partial charge in [-0.05, 0) is 24.6 Å². The van der Waals surface area contributed by atoms with Crippen molar-refractivity contribution in [2.45, 2.75) is 6.92 Å². The quantitative estimate of drug-likeness (QED) is 0.840. The Morgan fingerprint density at radius 3 is 2.71 bits per heavy atom. The Bertz CT molecular complexity index is 550. The SMILES string of the molecule is C=Cc1nc(N)nc(Nc2ccccc2C)n1. The van der Waals surface area contributed by atoms with E-state index in [0.717, 1.165) is 11.3 Å². The van der Waals surface area contributed by atoms with Crippen molar-refractivity contribution in [2.24, 2.45) is 0 Å². The molecule has 2 aromatic rings. The summed E-state index contributed by atoms with van der Waals surface area (Å²) in [6.45, 7) is 5.60. The second kappa shape index (κ2) is 4.61. The van der Waals surface area contributed by atoms with Gasteiger partial charge in [0.1, 0.15) is 0 Å². The van der Waals surface area contributed by atoms with Crippen LogP contribution in [-0.4, -0.2) is 15.0 Å². The molecule has 0 saturated heterocycles. The van der Waals surface area contributed by atoms with Crippen LogP contribution in [-0.2, 0) is 0 Å². The van der Waals surface area contributed by atoms with Crippen molar-refractivity contribution >= 4 is 23.7 Å². The van der Waals surface area contributed by atoms with Gasteiger partial charge in [0.25, 0.3) is 0 Å². The number of hydrogen-bond acceptors (Lipinski definition) is 5. The number of benzene rings is 1. The maximum Gasteiger partial charge on any atom is 0.232 e. The number of nitrogens with zero attached hydrogens (tertiary/aromatic N) is 3. The van der Waals surface area contributed by atoms with Gasteiger partial charge in [0.2, 0.25) is 11.9 Å². The van der Waals surface area contributed by atoms with E-state index >= 15 is 0 Å². The molecule has 0 aliphatic rings. The first kappa shape index (κ1) is 11.1. The van der Waals surface area contributed by atoms with Crippen LogP contribution in [0.25, 0.3) is 6.08 Å². The highest BCUT2D eigenvalue weighted by molar-refractivity contribution is 5.59. The van der Waals surface area contributed by atoms with Gasteiger partial charge in [-0.2, -0.15) is 15.0 Å². The maximum absolute atomic E-state index is 5.58. The van der Waals surface area contributed by atoms with Crippen LogP contribution >= 0.6 is 0 Å². The number of nitrogens with one attached hydrogen (secondary N) is 1. The summed E-state index contributed by atoms with van der Waals surface area (Å²) < 4.78 is 0. The molecule has 0 fully saturated rings. The monoisotopic (exact) mass is 227 g/mol. The van der Waals surface area contributed by atoms with Gasteiger partial charge in [-0.15, -0.1) is 0 Å². The highest BCUT2D eigenvalue weighted by Gasteiger charge is 2.03. The minimum atomic E-state index is 0.172. The minimum absolute atomic E-state index is 0.172. The van der Waals surface area contributed by atoms with Crippen molar-refractivity contribution < 1.29 is 0 Å². The van der Waals surface area contributed by atoms with E-state index < -0.39 is 0 Å². The molecule has 0 aliphatic carbocycles. The highest BCUT2D eigenvalue weighted by Crippen LogP contribution is 2.17. The topological polar surface area (TPSA) is 76.7 Å². The van der Waals surface area contributed by atoms with E-state index in [1.807, 2.05) is 31.2 Å². The van der Waals surface area contributed by atoms with Crippen molar-refractivity contribution in [3.05, 3.63) is 42.2 Å². The summed E-state index contributed by atoms with van der Waals surface area (Å²) in [6, 6.07) is 7.86. The zero-order valence-electron chi connectivity index (χ0n) is 9.51. The largest absolute Gasteiger partial charge is 0.368 e. The van der Waals surface area contributed by atoms with Crippen LogP contribution in [0.2, 0.25) is 0 Å². The lowest BCUT2D eigenvalue weighted by Crippen LogP contribution is -2.05. The third kappa shape index (κ3) is 2.57. The predicted molar refractivity (Wildman–Crippen MR) is 68.8 cm³/mol. The molecule has 1 aromatic heterocycles. The number of para-hydroxylation sites is 1. The average molecular weight is 227 g/mol. The Balaban J connectivity index is 2.33. The molecule has 2 rings (SSSR count). The number of rotatable bonds is 3. The second-order valence-electron chi connectivity index (χ2n) is 3.52. The molecule has 3 N–H and O–H groups in total. The molecule has 0 spiro atoms. The standard InChI is InChI=1S/C12H13N5/c1-3-10-15-11(13)17-12(16-10)14-9-7-5-4-6-8(9)2/h3-7H,1H2,2H3,(H3,13,14,15,16,17). The molecule has 0 unspecified atom stereocenters. The van der Waals surface area contributed by atoms with E-state index in [0.29, 0.717) is 11.8 Å². The van der Waals surface area contributed by atoms with Gasteiger partial charge in [-0.3, -0.25) is 0 Å². The summed E-state index contributed by atoms with van der Waals surface area (Å²) in [6.07, 6.45) is 1.53. The summed E-state index contributed by atoms with van der Waals surface area (Å²) in [5.74, 6) is 1.04. The van der Waals surface area contributed by atoms with Crippen LogP contribution in [0.15, 0.2) is 30.8 Å². The van der Waals surface area contributed by atoms with Gasteiger partial charge < -0.3 is 11.1 Å². The maximum atomic E-state index is 5.58. The van der Waals surface area contributed by atoms with Crippen molar-refractivity contribution in [3.8, 4) is 0 Å². The second-order valence-corrected chi connectivity index (χ2v) is 3.52. The van der Waals surface area contributed by atoms with Crippen LogP contribution in [0.1, 0.15) is 11.4 Å². The third-order valence-corrected chi connectivity index (χ3v) is 2.24. The molecule has 86 valence electrons. The fourth-order valence-electron chi connectivity index (χ4n) is 1.39. The Labute approximate surface area is 99.4 Å². The molecular weight excluding hydrogens is 214 g/mol. The fourth-order valence-corrected chi connectivity index (χ4v) is 1.39. The molecule has 1 heterocycles. The van der Waals surface area contributed by atoms with Crippen LogP contribution in [0.4, 0.5) is 17.6 Å². The van der Waals surface area contributed by atoms with E-state index in [4.69, 9.17) is 5.73 Å². The van der Waals surface area contributed by atoms with Crippen LogP contribution in [0, 0.1) is 6.92 Å². The van der Waals surface area contributed by atoms with Gasteiger partial charge >= 0.3 is 0 Å². The molecule has 1 aromatic carbocycles.